The third-order valence-corrected chi connectivity index (χ3v) is 5.48. The van der Waals surface area contributed by atoms with Crippen molar-refractivity contribution < 1.29 is 4.79 Å². The van der Waals surface area contributed by atoms with E-state index in [0.717, 1.165) is 35.5 Å². The molecule has 0 saturated heterocycles. The van der Waals surface area contributed by atoms with Gasteiger partial charge in [0.25, 0.3) is 0 Å². The molecule has 2 heterocycles. The monoisotopic (exact) mass is 307 g/mol. The fourth-order valence-electron chi connectivity index (χ4n) is 3.71. The van der Waals surface area contributed by atoms with Crippen LogP contribution in [0.15, 0.2) is 24.4 Å². The number of fused-ring (bicyclic) bond motifs is 1. The van der Waals surface area contributed by atoms with Crippen molar-refractivity contribution in [1.82, 2.24) is 9.97 Å². The predicted octanol–water partition coefficient (Wildman–Crippen LogP) is 3.74. The molecule has 2 saturated carbocycles. The molecular weight excluding hydrogens is 286 g/mol. The quantitative estimate of drug-likeness (QED) is 0.939. The summed E-state index contributed by atoms with van der Waals surface area (Å²) in [5.41, 5.74) is 4.14. The number of hydrogen-bond acceptors (Lipinski definition) is 2. The second-order valence-electron chi connectivity index (χ2n) is 7.72. The van der Waals surface area contributed by atoms with Gasteiger partial charge in [0.1, 0.15) is 5.82 Å². The van der Waals surface area contributed by atoms with Gasteiger partial charge < -0.3 is 9.88 Å². The van der Waals surface area contributed by atoms with Crippen molar-refractivity contribution in [3.8, 4) is 11.4 Å². The number of nitrogens with one attached hydrogen (secondary N) is 1. The fourth-order valence-corrected chi connectivity index (χ4v) is 3.71. The highest BCUT2D eigenvalue weighted by atomic mass is 16.2. The van der Waals surface area contributed by atoms with Crippen molar-refractivity contribution in [1.29, 1.82) is 0 Å². The number of amides is 1. The Kier molecular flexibility index (Phi) is 2.47. The average molecular weight is 307 g/mol. The number of carbonyl (C=O) groups is 1. The van der Waals surface area contributed by atoms with E-state index in [1.165, 1.54) is 18.5 Å². The third kappa shape index (κ3) is 1.90. The molecule has 0 spiro atoms. The smallest absolute Gasteiger partial charge is 0.237 e. The number of benzene rings is 1. The number of hydrogen-bond donors (Lipinski definition) is 1. The van der Waals surface area contributed by atoms with Crippen molar-refractivity contribution in [2.75, 3.05) is 4.90 Å². The zero-order chi connectivity index (χ0) is 15.8. The predicted molar refractivity (Wildman–Crippen MR) is 89.5 cm³/mol. The summed E-state index contributed by atoms with van der Waals surface area (Å²) in [6.07, 6.45) is 6.75. The van der Waals surface area contributed by atoms with E-state index in [9.17, 15) is 4.79 Å². The number of carbonyl (C=O) groups excluding carboxylic acids is 1. The summed E-state index contributed by atoms with van der Waals surface area (Å²) >= 11 is 0. The number of rotatable bonds is 3. The number of aromatic amines is 1. The first-order chi connectivity index (χ1) is 11.1. The largest absolute Gasteiger partial charge is 0.342 e. The van der Waals surface area contributed by atoms with E-state index < -0.39 is 5.41 Å². The number of aromatic nitrogens is 2. The first kappa shape index (κ1) is 13.3. The molecule has 0 bridgehead atoms. The van der Waals surface area contributed by atoms with E-state index in [2.05, 4.69) is 28.2 Å². The number of nitrogens with zero attached hydrogens (tertiary/aromatic N) is 2. The zero-order valence-electron chi connectivity index (χ0n) is 13.6. The molecule has 0 unspecified atom stereocenters. The summed E-state index contributed by atoms with van der Waals surface area (Å²) in [5.74, 6) is 1.84. The summed E-state index contributed by atoms with van der Waals surface area (Å²) in [6.45, 7) is 4.07. The first-order valence-corrected chi connectivity index (χ1v) is 8.59. The summed E-state index contributed by atoms with van der Waals surface area (Å²) in [6, 6.07) is 6.76. The highest BCUT2D eigenvalue weighted by molar-refractivity contribution is 6.08. The van der Waals surface area contributed by atoms with E-state index >= 15 is 0 Å². The zero-order valence-corrected chi connectivity index (χ0v) is 13.6. The molecule has 1 N–H and O–H groups in total. The van der Waals surface area contributed by atoms with Crippen LogP contribution in [0.25, 0.3) is 11.4 Å². The Balaban J connectivity index is 1.59. The maximum Gasteiger partial charge on any atom is 0.237 e. The van der Waals surface area contributed by atoms with Gasteiger partial charge in [0.2, 0.25) is 5.91 Å². The molecule has 5 rings (SSSR count). The average Bonchev–Trinajstić information content (AvgIpc) is 3.46. The van der Waals surface area contributed by atoms with Gasteiger partial charge in [0.15, 0.2) is 0 Å². The van der Waals surface area contributed by atoms with Crippen molar-refractivity contribution in [3.05, 3.63) is 35.7 Å². The molecule has 4 nitrogen and oxygen atoms in total. The molecule has 1 amide bonds. The van der Waals surface area contributed by atoms with Gasteiger partial charge >= 0.3 is 0 Å². The van der Waals surface area contributed by atoms with Crippen LogP contribution in [0, 0.1) is 0 Å². The highest BCUT2D eigenvalue weighted by Crippen LogP contribution is 2.48. The van der Waals surface area contributed by atoms with Gasteiger partial charge in [-0.25, -0.2) is 4.98 Å². The topological polar surface area (TPSA) is 49.0 Å². The van der Waals surface area contributed by atoms with Crippen LogP contribution < -0.4 is 4.90 Å². The second-order valence-corrected chi connectivity index (χ2v) is 7.72. The van der Waals surface area contributed by atoms with Crippen molar-refractivity contribution in [2.45, 2.75) is 56.9 Å². The fraction of sp³-hybridized carbons (Fsp3) is 0.474. The van der Waals surface area contributed by atoms with Crippen LogP contribution in [0.4, 0.5) is 5.69 Å². The Bertz CT molecular complexity index is 812. The summed E-state index contributed by atoms with van der Waals surface area (Å²) in [7, 11) is 0. The van der Waals surface area contributed by atoms with Crippen LogP contribution in [0.5, 0.6) is 0 Å². The van der Waals surface area contributed by atoms with E-state index in [0.29, 0.717) is 12.0 Å². The molecule has 0 atom stereocenters. The molecule has 3 aliphatic rings. The van der Waals surface area contributed by atoms with Crippen molar-refractivity contribution >= 4 is 11.6 Å². The minimum Gasteiger partial charge on any atom is -0.342 e. The number of H-pyrrole nitrogens is 1. The van der Waals surface area contributed by atoms with E-state index in [1.54, 1.807) is 0 Å². The van der Waals surface area contributed by atoms with E-state index in [-0.39, 0.29) is 5.91 Å². The molecule has 2 fully saturated rings. The first-order valence-electron chi connectivity index (χ1n) is 8.59. The number of imidazole rings is 1. The maximum absolute atomic E-state index is 12.8. The molecule has 0 radical (unpaired) electrons. The molecule has 1 aromatic heterocycles. The lowest BCUT2D eigenvalue weighted by Crippen LogP contribution is -2.37. The van der Waals surface area contributed by atoms with Crippen molar-refractivity contribution in [3.63, 3.8) is 0 Å². The summed E-state index contributed by atoms with van der Waals surface area (Å²) < 4.78 is 0. The van der Waals surface area contributed by atoms with Gasteiger partial charge in [0.05, 0.1) is 5.41 Å². The highest BCUT2D eigenvalue weighted by Gasteiger charge is 2.49. The molecule has 1 aliphatic heterocycles. The Morgan fingerprint density at radius 2 is 2.00 bits per heavy atom. The van der Waals surface area contributed by atoms with Crippen LogP contribution in [-0.2, 0) is 10.2 Å². The minimum absolute atomic E-state index is 0.241. The minimum atomic E-state index is -0.418. The van der Waals surface area contributed by atoms with Gasteiger partial charge in [-0.05, 0) is 51.2 Å². The lowest BCUT2D eigenvalue weighted by Gasteiger charge is -2.19. The number of anilines is 1. The van der Waals surface area contributed by atoms with E-state index in [4.69, 9.17) is 0 Å². The SMILES string of the molecule is CC1(C)C(=O)N(C2CC2)c2cc(-c3ncc(C4CC4)[nH]3)ccc21. The van der Waals surface area contributed by atoms with Gasteiger partial charge in [0, 0.05) is 35.1 Å². The lowest BCUT2D eigenvalue weighted by atomic mass is 9.86. The Morgan fingerprint density at radius 3 is 2.70 bits per heavy atom. The van der Waals surface area contributed by atoms with Crippen LogP contribution in [-0.4, -0.2) is 21.9 Å². The Morgan fingerprint density at radius 1 is 1.22 bits per heavy atom. The molecule has 2 aliphatic carbocycles. The van der Waals surface area contributed by atoms with E-state index in [1.807, 2.05) is 24.9 Å². The second kappa shape index (κ2) is 4.25. The molecule has 23 heavy (non-hydrogen) atoms. The molecule has 1 aromatic carbocycles. The van der Waals surface area contributed by atoms with Crippen LogP contribution in [0.3, 0.4) is 0 Å². The Hall–Kier alpha value is -2.10. The maximum atomic E-state index is 12.8. The molecule has 118 valence electrons. The summed E-state index contributed by atoms with van der Waals surface area (Å²) in [4.78, 5) is 22.9. The van der Waals surface area contributed by atoms with Crippen LogP contribution in [0.1, 0.15) is 56.7 Å². The van der Waals surface area contributed by atoms with Gasteiger partial charge in [-0.15, -0.1) is 0 Å². The summed E-state index contributed by atoms with van der Waals surface area (Å²) in [5, 5.41) is 0. The Labute approximate surface area is 135 Å². The lowest BCUT2D eigenvalue weighted by molar-refractivity contribution is -0.122. The van der Waals surface area contributed by atoms with Crippen LogP contribution in [0.2, 0.25) is 0 Å². The molecule has 4 heteroatoms. The third-order valence-electron chi connectivity index (χ3n) is 5.48. The van der Waals surface area contributed by atoms with Gasteiger partial charge in [-0.2, -0.15) is 0 Å². The standard InChI is InChI=1S/C19H21N3O/c1-19(2)14-8-5-12(17-20-10-15(21-17)11-3-4-11)9-16(14)22(18(19)23)13-6-7-13/h5,8-11,13H,3-4,6-7H2,1-2H3,(H,20,21). The van der Waals surface area contributed by atoms with Gasteiger partial charge in [-0.1, -0.05) is 12.1 Å². The van der Waals surface area contributed by atoms with Crippen molar-refractivity contribution in [2.24, 2.45) is 0 Å². The van der Waals surface area contributed by atoms with Crippen LogP contribution >= 0.6 is 0 Å². The molecular formula is C19H21N3O. The normalized spacial score (nSPS) is 22.5. The molecule has 2 aromatic rings. The van der Waals surface area contributed by atoms with Gasteiger partial charge in [-0.3, -0.25) is 4.79 Å².